The number of likely N-dealkylation sites (N-methyl/N-ethyl adjacent to an activating group) is 1. The standard InChI is InChI=1S/C16H17N3O3/c1-2-18-15(20)11-22-14-5-3-13(4-6-14)19-16(21)12-7-9-17-10-8-12/h3-10H,2,11H2,1H3,(H,18,20)(H,19,21). The van der Waals surface area contributed by atoms with Crippen molar-refractivity contribution >= 4 is 17.5 Å². The topological polar surface area (TPSA) is 80.3 Å². The summed E-state index contributed by atoms with van der Waals surface area (Å²) in [6, 6.07) is 10.1. The Kier molecular flexibility index (Phi) is 5.48. The molecule has 0 fully saturated rings. The Balaban J connectivity index is 1.89. The second kappa shape index (κ2) is 7.78. The van der Waals surface area contributed by atoms with E-state index in [4.69, 9.17) is 4.74 Å². The number of carbonyl (C=O) groups is 2. The van der Waals surface area contributed by atoms with E-state index in [1.54, 1.807) is 48.8 Å². The van der Waals surface area contributed by atoms with Gasteiger partial charge < -0.3 is 15.4 Å². The van der Waals surface area contributed by atoms with Gasteiger partial charge >= 0.3 is 0 Å². The van der Waals surface area contributed by atoms with Crippen molar-refractivity contribution in [3.05, 3.63) is 54.4 Å². The number of nitrogens with zero attached hydrogens (tertiary/aromatic N) is 1. The molecule has 0 bridgehead atoms. The molecule has 1 heterocycles. The van der Waals surface area contributed by atoms with Gasteiger partial charge in [0.05, 0.1) is 0 Å². The predicted octanol–water partition coefficient (Wildman–Crippen LogP) is 1.85. The number of aromatic nitrogens is 1. The zero-order chi connectivity index (χ0) is 15.8. The minimum absolute atomic E-state index is 0.0312. The van der Waals surface area contributed by atoms with Crippen LogP contribution in [0.15, 0.2) is 48.8 Å². The number of amides is 2. The molecule has 1 aromatic heterocycles. The van der Waals surface area contributed by atoms with Crippen molar-refractivity contribution < 1.29 is 14.3 Å². The number of ether oxygens (including phenoxy) is 1. The highest BCUT2D eigenvalue weighted by molar-refractivity contribution is 6.04. The average Bonchev–Trinajstić information content (AvgIpc) is 2.55. The van der Waals surface area contributed by atoms with E-state index >= 15 is 0 Å². The zero-order valence-electron chi connectivity index (χ0n) is 12.2. The first-order valence-corrected chi connectivity index (χ1v) is 6.90. The van der Waals surface area contributed by atoms with Gasteiger partial charge in [0.25, 0.3) is 11.8 Å². The van der Waals surface area contributed by atoms with E-state index in [-0.39, 0.29) is 18.4 Å². The molecule has 0 atom stereocenters. The summed E-state index contributed by atoms with van der Waals surface area (Å²) in [5, 5.41) is 5.41. The maximum atomic E-state index is 12.0. The SMILES string of the molecule is CCNC(=O)COc1ccc(NC(=O)c2ccncc2)cc1. The van der Waals surface area contributed by atoms with Crippen molar-refractivity contribution in [3.8, 4) is 5.75 Å². The van der Waals surface area contributed by atoms with Crippen LogP contribution in [0.25, 0.3) is 0 Å². The summed E-state index contributed by atoms with van der Waals surface area (Å²) < 4.78 is 5.33. The summed E-state index contributed by atoms with van der Waals surface area (Å²) in [6.07, 6.45) is 3.13. The smallest absolute Gasteiger partial charge is 0.257 e. The lowest BCUT2D eigenvalue weighted by Crippen LogP contribution is -2.28. The van der Waals surface area contributed by atoms with Crippen LogP contribution in [0.5, 0.6) is 5.75 Å². The van der Waals surface area contributed by atoms with Crippen LogP contribution in [-0.4, -0.2) is 29.9 Å². The van der Waals surface area contributed by atoms with Gasteiger partial charge in [0, 0.05) is 30.2 Å². The first-order chi connectivity index (χ1) is 10.7. The van der Waals surface area contributed by atoms with E-state index in [0.29, 0.717) is 23.5 Å². The minimum Gasteiger partial charge on any atom is -0.484 e. The van der Waals surface area contributed by atoms with Gasteiger partial charge in [-0.3, -0.25) is 14.6 Å². The Bertz CT molecular complexity index is 627. The maximum absolute atomic E-state index is 12.0. The van der Waals surface area contributed by atoms with Crippen molar-refractivity contribution in [1.82, 2.24) is 10.3 Å². The number of hydrogen-bond acceptors (Lipinski definition) is 4. The van der Waals surface area contributed by atoms with Crippen molar-refractivity contribution in [2.24, 2.45) is 0 Å². The molecular formula is C16H17N3O3. The molecule has 0 aliphatic rings. The summed E-state index contributed by atoms with van der Waals surface area (Å²) in [5.74, 6) is 0.184. The van der Waals surface area contributed by atoms with Crippen molar-refractivity contribution in [3.63, 3.8) is 0 Å². The molecule has 0 radical (unpaired) electrons. The van der Waals surface area contributed by atoms with Crippen LogP contribution in [-0.2, 0) is 4.79 Å². The monoisotopic (exact) mass is 299 g/mol. The zero-order valence-corrected chi connectivity index (χ0v) is 12.2. The Morgan fingerprint density at radius 1 is 1.09 bits per heavy atom. The van der Waals surface area contributed by atoms with Gasteiger partial charge in [0.2, 0.25) is 0 Å². The van der Waals surface area contributed by atoms with Gasteiger partial charge in [-0.15, -0.1) is 0 Å². The molecule has 0 aliphatic carbocycles. The van der Waals surface area contributed by atoms with E-state index in [0.717, 1.165) is 0 Å². The molecule has 0 aliphatic heterocycles. The number of pyridine rings is 1. The first kappa shape index (κ1) is 15.5. The van der Waals surface area contributed by atoms with Crippen LogP contribution < -0.4 is 15.4 Å². The third-order valence-corrected chi connectivity index (χ3v) is 2.80. The van der Waals surface area contributed by atoms with Crippen LogP contribution in [0.2, 0.25) is 0 Å². The molecular weight excluding hydrogens is 282 g/mol. The Labute approximate surface area is 128 Å². The van der Waals surface area contributed by atoms with E-state index in [1.807, 2.05) is 6.92 Å². The average molecular weight is 299 g/mol. The van der Waals surface area contributed by atoms with E-state index in [1.165, 1.54) is 0 Å². The number of rotatable bonds is 6. The number of nitrogens with one attached hydrogen (secondary N) is 2. The summed E-state index contributed by atoms with van der Waals surface area (Å²) in [4.78, 5) is 27.1. The predicted molar refractivity (Wildman–Crippen MR) is 82.8 cm³/mol. The van der Waals surface area contributed by atoms with Crippen LogP contribution in [0.4, 0.5) is 5.69 Å². The van der Waals surface area contributed by atoms with Gasteiger partial charge in [-0.05, 0) is 43.3 Å². The minimum atomic E-state index is -0.210. The molecule has 2 aromatic rings. The largest absolute Gasteiger partial charge is 0.484 e. The number of carbonyl (C=O) groups excluding carboxylic acids is 2. The lowest BCUT2D eigenvalue weighted by Gasteiger charge is -2.08. The van der Waals surface area contributed by atoms with Gasteiger partial charge in [0.1, 0.15) is 5.75 Å². The lowest BCUT2D eigenvalue weighted by atomic mass is 10.2. The Morgan fingerprint density at radius 3 is 2.41 bits per heavy atom. The van der Waals surface area contributed by atoms with Gasteiger partial charge in [-0.1, -0.05) is 0 Å². The molecule has 6 nitrogen and oxygen atoms in total. The van der Waals surface area contributed by atoms with Gasteiger partial charge in [-0.25, -0.2) is 0 Å². The van der Waals surface area contributed by atoms with Crippen LogP contribution in [0.1, 0.15) is 17.3 Å². The van der Waals surface area contributed by atoms with Crippen LogP contribution >= 0.6 is 0 Å². The molecule has 2 N–H and O–H groups in total. The Hall–Kier alpha value is -2.89. The molecule has 0 saturated heterocycles. The van der Waals surface area contributed by atoms with Crippen molar-refractivity contribution in [2.75, 3.05) is 18.5 Å². The highest BCUT2D eigenvalue weighted by Gasteiger charge is 2.06. The van der Waals surface area contributed by atoms with Crippen LogP contribution in [0, 0.1) is 0 Å². The molecule has 2 rings (SSSR count). The molecule has 6 heteroatoms. The Morgan fingerprint density at radius 2 is 1.77 bits per heavy atom. The highest BCUT2D eigenvalue weighted by Crippen LogP contribution is 2.16. The fourth-order valence-electron chi connectivity index (χ4n) is 1.74. The fraction of sp³-hybridized carbons (Fsp3) is 0.188. The molecule has 114 valence electrons. The molecule has 22 heavy (non-hydrogen) atoms. The summed E-state index contributed by atoms with van der Waals surface area (Å²) in [7, 11) is 0. The van der Waals surface area contributed by atoms with E-state index < -0.39 is 0 Å². The van der Waals surface area contributed by atoms with Crippen molar-refractivity contribution in [2.45, 2.75) is 6.92 Å². The quantitative estimate of drug-likeness (QED) is 0.853. The number of benzene rings is 1. The number of anilines is 1. The molecule has 0 spiro atoms. The third kappa shape index (κ3) is 4.59. The van der Waals surface area contributed by atoms with Crippen LogP contribution in [0.3, 0.4) is 0 Å². The molecule has 0 saturated carbocycles. The molecule has 0 unspecified atom stereocenters. The van der Waals surface area contributed by atoms with Gasteiger partial charge in [-0.2, -0.15) is 0 Å². The fourth-order valence-corrected chi connectivity index (χ4v) is 1.74. The van der Waals surface area contributed by atoms with E-state index in [2.05, 4.69) is 15.6 Å². The summed E-state index contributed by atoms with van der Waals surface area (Å²) in [6.45, 7) is 2.39. The van der Waals surface area contributed by atoms with E-state index in [9.17, 15) is 9.59 Å². The molecule has 2 amide bonds. The first-order valence-electron chi connectivity index (χ1n) is 6.90. The second-order valence-electron chi connectivity index (χ2n) is 4.46. The normalized spacial score (nSPS) is 9.86. The lowest BCUT2D eigenvalue weighted by molar-refractivity contribution is -0.122. The van der Waals surface area contributed by atoms with Crippen molar-refractivity contribution in [1.29, 1.82) is 0 Å². The number of hydrogen-bond donors (Lipinski definition) is 2. The molecule has 1 aromatic carbocycles. The second-order valence-corrected chi connectivity index (χ2v) is 4.46. The summed E-state index contributed by atoms with van der Waals surface area (Å²) in [5.41, 5.74) is 1.18. The third-order valence-electron chi connectivity index (χ3n) is 2.80. The van der Waals surface area contributed by atoms with Gasteiger partial charge in [0.15, 0.2) is 6.61 Å². The summed E-state index contributed by atoms with van der Waals surface area (Å²) >= 11 is 0. The highest BCUT2D eigenvalue weighted by atomic mass is 16.5. The maximum Gasteiger partial charge on any atom is 0.257 e.